The number of esters is 1. The zero-order valence-corrected chi connectivity index (χ0v) is 38.5. The van der Waals surface area contributed by atoms with E-state index in [1.165, 1.54) is 167 Å². The van der Waals surface area contributed by atoms with Crippen LogP contribution < -0.4 is 5.32 Å². The summed E-state index contributed by atoms with van der Waals surface area (Å²) in [7, 11) is 0. The van der Waals surface area contributed by atoms with Crippen molar-refractivity contribution in [1.29, 1.82) is 0 Å². The number of carbonyl (C=O) groups excluding carboxylic acids is 2. The molecule has 0 bridgehead atoms. The van der Waals surface area contributed by atoms with Gasteiger partial charge in [-0.3, -0.25) is 9.59 Å². The van der Waals surface area contributed by atoms with Crippen LogP contribution in [0, 0.1) is 0 Å². The second-order valence-electron chi connectivity index (χ2n) is 17.1. The van der Waals surface area contributed by atoms with Crippen molar-refractivity contribution < 1.29 is 24.5 Å². The van der Waals surface area contributed by atoms with Crippen LogP contribution in [0.3, 0.4) is 0 Å². The van der Waals surface area contributed by atoms with Gasteiger partial charge in [-0.2, -0.15) is 0 Å². The Kier molecular flexibility index (Phi) is 46.2. The Labute approximate surface area is 360 Å². The van der Waals surface area contributed by atoms with Crippen LogP contribution in [-0.4, -0.2) is 47.4 Å². The molecule has 0 spiro atoms. The minimum atomic E-state index is -0.697. The first-order chi connectivity index (χ1) is 28.5. The number of ether oxygens (including phenoxy) is 1. The van der Waals surface area contributed by atoms with Crippen molar-refractivity contribution in [2.75, 3.05) is 13.2 Å². The average molecular weight is 816 g/mol. The SMILES string of the molecule is CCCCCCCC/C=C\CCCCCCCCCCCC(=O)OCCCCCCCC/C=C\C/C=C\CCC(=O)NC(CO)C(O)CCCCCCCCCCC. The summed E-state index contributed by atoms with van der Waals surface area (Å²) in [6, 6.07) is -0.583. The molecule has 340 valence electrons. The standard InChI is InChI=1S/C52H97NO5/c1-3-5-7-9-11-13-14-15-16-17-18-19-20-23-26-30-34-38-42-46-52(57)58-47-43-39-35-31-27-24-21-22-25-29-33-37-41-45-51(56)53-49(48-54)50(55)44-40-36-32-28-12-10-8-6-4-2/h15-16,22,25,33,37,49-50,54-55H,3-14,17-21,23-24,26-32,34-36,38-48H2,1-2H3,(H,53,56)/b16-15-,25-22-,37-33-. The summed E-state index contributed by atoms with van der Waals surface area (Å²) in [6.07, 6.45) is 57.1. The fraction of sp³-hybridized carbons (Fsp3) is 0.846. The molecule has 0 saturated heterocycles. The minimum Gasteiger partial charge on any atom is -0.466 e. The van der Waals surface area contributed by atoms with E-state index in [9.17, 15) is 19.8 Å². The molecule has 0 saturated carbocycles. The van der Waals surface area contributed by atoms with E-state index in [2.05, 4.69) is 49.5 Å². The van der Waals surface area contributed by atoms with E-state index in [-0.39, 0.29) is 18.5 Å². The number of unbranched alkanes of at least 4 members (excludes halogenated alkanes) is 29. The second-order valence-corrected chi connectivity index (χ2v) is 17.1. The van der Waals surface area contributed by atoms with Crippen molar-refractivity contribution in [3.63, 3.8) is 0 Å². The van der Waals surface area contributed by atoms with Crippen LogP contribution in [0.25, 0.3) is 0 Å². The lowest BCUT2D eigenvalue weighted by Gasteiger charge is -2.22. The monoisotopic (exact) mass is 816 g/mol. The van der Waals surface area contributed by atoms with Gasteiger partial charge < -0.3 is 20.3 Å². The Balaban J connectivity index is 3.50. The number of allylic oxidation sites excluding steroid dienone is 6. The Morgan fingerprint density at radius 2 is 0.879 bits per heavy atom. The maximum Gasteiger partial charge on any atom is 0.305 e. The first-order valence-electron chi connectivity index (χ1n) is 25.2. The molecule has 6 heteroatoms. The predicted octanol–water partition coefficient (Wildman–Crippen LogP) is 14.9. The summed E-state index contributed by atoms with van der Waals surface area (Å²) in [4.78, 5) is 24.4. The molecular formula is C52H97NO5. The lowest BCUT2D eigenvalue weighted by molar-refractivity contribution is -0.143. The van der Waals surface area contributed by atoms with Gasteiger partial charge in [-0.25, -0.2) is 0 Å². The number of amides is 1. The second kappa shape index (κ2) is 47.8. The zero-order valence-electron chi connectivity index (χ0n) is 38.5. The molecule has 58 heavy (non-hydrogen) atoms. The summed E-state index contributed by atoms with van der Waals surface area (Å²) in [5, 5.41) is 23.0. The van der Waals surface area contributed by atoms with E-state index in [0.717, 1.165) is 51.4 Å². The van der Waals surface area contributed by atoms with Gasteiger partial charge in [0.15, 0.2) is 0 Å². The summed E-state index contributed by atoms with van der Waals surface area (Å²) in [6.45, 7) is 4.85. The normalized spacial score (nSPS) is 13.0. The summed E-state index contributed by atoms with van der Waals surface area (Å²) < 4.78 is 5.46. The Hall–Kier alpha value is -1.92. The van der Waals surface area contributed by atoms with Gasteiger partial charge in [0.25, 0.3) is 0 Å². The molecule has 0 heterocycles. The summed E-state index contributed by atoms with van der Waals surface area (Å²) >= 11 is 0. The number of rotatable bonds is 46. The number of aliphatic hydroxyl groups is 2. The molecule has 0 aliphatic heterocycles. The molecule has 0 aliphatic rings. The van der Waals surface area contributed by atoms with E-state index in [1.54, 1.807) is 0 Å². The average Bonchev–Trinajstić information content (AvgIpc) is 3.22. The molecule has 0 aromatic carbocycles. The molecule has 0 rings (SSSR count). The topological polar surface area (TPSA) is 95.9 Å². The Morgan fingerprint density at radius 3 is 1.36 bits per heavy atom. The Morgan fingerprint density at radius 1 is 0.483 bits per heavy atom. The third kappa shape index (κ3) is 43.7. The maximum absolute atomic E-state index is 12.3. The van der Waals surface area contributed by atoms with Gasteiger partial charge in [0, 0.05) is 12.8 Å². The zero-order chi connectivity index (χ0) is 42.3. The van der Waals surface area contributed by atoms with Gasteiger partial charge in [0.05, 0.1) is 25.4 Å². The van der Waals surface area contributed by atoms with Gasteiger partial charge in [-0.15, -0.1) is 0 Å². The van der Waals surface area contributed by atoms with E-state index < -0.39 is 12.1 Å². The van der Waals surface area contributed by atoms with E-state index in [4.69, 9.17) is 4.74 Å². The number of aliphatic hydroxyl groups excluding tert-OH is 2. The number of carbonyl (C=O) groups is 2. The first-order valence-corrected chi connectivity index (χ1v) is 25.2. The van der Waals surface area contributed by atoms with Crippen molar-refractivity contribution in [2.45, 2.75) is 270 Å². The highest BCUT2D eigenvalue weighted by atomic mass is 16.5. The van der Waals surface area contributed by atoms with Gasteiger partial charge in [0.1, 0.15) is 0 Å². The molecule has 2 atom stereocenters. The van der Waals surface area contributed by atoms with Crippen molar-refractivity contribution in [3.05, 3.63) is 36.5 Å². The van der Waals surface area contributed by atoms with Crippen molar-refractivity contribution in [1.82, 2.24) is 5.32 Å². The molecular weight excluding hydrogens is 719 g/mol. The van der Waals surface area contributed by atoms with E-state index in [0.29, 0.717) is 32.3 Å². The lowest BCUT2D eigenvalue weighted by Crippen LogP contribution is -2.45. The van der Waals surface area contributed by atoms with Crippen molar-refractivity contribution >= 4 is 11.9 Å². The van der Waals surface area contributed by atoms with Crippen LogP contribution in [0.1, 0.15) is 258 Å². The number of hydrogen-bond donors (Lipinski definition) is 3. The third-order valence-corrected chi connectivity index (χ3v) is 11.4. The van der Waals surface area contributed by atoms with Gasteiger partial charge in [-0.1, -0.05) is 211 Å². The Bertz CT molecular complexity index is 946. The first kappa shape index (κ1) is 56.1. The molecule has 0 aromatic rings. The largest absolute Gasteiger partial charge is 0.466 e. The summed E-state index contributed by atoms with van der Waals surface area (Å²) in [5.41, 5.74) is 0. The quantitative estimate of drug-likeness (QED) is 0.0323. The number of nitrogens with one attached hydrogen (secondary N) is 1. The maximum atomic E-state index is 12.3. The molecule has 6 nitrogen and oxygen atoms in total. The summed E-state index contributed by atoms with van der Waals surface area (Å²) in [5.74, 6) is -0.137. The smallest absolute Gasteiger partial charge is 0.305 e. The van der Waals surface area contributed by atoms with Crippen LogP contribution >= 0.6 is 0 Å². The number of hydrogen-bond acceptors (Lipinski definition) is 5. The van der Waals surface area contributed by atoms with Gasteiger partial charge >= 0.3 is 5.97 Å². The molecule has 0 aliphatic carbocycles. The van der Waals surface area contributed by atoms with Crippen molar-refractivity contribution in [3.8, 4) is 0 Å². The third-order valence-electron chi connectivity index (χ3n) is 11.4. The molecule has 0 fully saturated rings. The van der Waals surface area contributed by atoms with Crippen LogP contribution in [0.4, 0.5) is 0 Å². The van der Waals surface area contributed by atoms with E-state index in [1.807, 2.05) is 6.08 Å². The fourth-order valence-electron chi connectivity index (χ4n) is 7.51. The van der Waals surface area contributed by atoms with Crippen LogP contribution in [0.15, 0.2) is 36.5 Å². The molecule has 0 aromatic heterocycles. The highest BCUT2D eigenvalue weighted by molar-refractivity contribution is 5.76. The van der Waals surface area contributed by atoms with Gasteiger partial charge in [0.2, 0.25) is 5.91 Å². The highest BCUT2D eigenvalue weighted by Gasteiger charge is 2.19. The molecule has 0 radical (unpaired) electrons. The van der Waals surface area contributed by atoms with Crippen LogP contribution in [-0.2, 0) is 14.3 Å². The molecule has 1 amide bonds. The predicted molar refractivity (Wildman–Crippen MR) is 250 cm³/mol. The molecule has 3 N–H and O–H groups in total. The minimum absolute atomic E-state index is 0.0184. The van der Waals surface area contributed by atoms with E-state index >= 15 is 0 Å². The van der Waals surface area contributed by atoms with Crippen LogP contribution in [0.5, 0.6) is 0 Å². The lowest BCUT2D eigenvalue weighted by atomic mass is 10.0. The molecule has 2 unspecified atom stereocenters. The van der Waals surface area contributed by atoms with Crippen LogP contribution in [0.2, 0.25) is 0 Å². The van der Waals surface area contributed by atoms with Crippen molar-refractivity contribution in [2.24, 2.45) is 0 Å². The fourth-order valence-corrected chi connectivity index (χ4v) is 7.51. The highest BCUT2D eigenvalue weighted by Crippen LogP contribution is 2.15. The van der Waals surface area contributed by atoms with Gasteiger partial charge in [-0.05, 0) is 70.6 Å².